The van der Waals surface area contributed by atoms with Gasteiger partial charge in [0, 0.05) is 5.31 Å². The van der Waals surface area contributed by atoms with E-state index in [2.05, 4.69) is 173 Å². The Balaban J connectivity index is 0.000000867. The molecule has 1 N–H and O–H groups in total. The fourth-order valence-electron chi connectivity index (χ4n) is 7.78. The van der Waals surface area contributed by atoms with Gasteiger partial charge in [-0.3, -0.25) is 0 Å². The van der Waals surface area contributed by atoms with Gasteiger partial charge >= 0.3 is 35.6 Å². The van der Waals surface area contributed by atoms with Crippen molar-refractivity contribution < 1.29 is 51.6 Å². The molecule has 76 heavy (non-hydrogen) atoms. The molecule has 0 aromatic heterocycles. The van der Waals surface area contributed by atoms with E-state index in [9.17, 15) is 0 Å². The Hall–Kier alpha value is -0.934. The monoisotopic (exact) mass is 1090 g/mol. The van der Waals surface area contributed by atoms with Crippen LogP contribution < -0.4 is 9.31 Å². The Kier molecular flexibility index (Phi) is 28.5. The number of hydrogen-bond donors (Lipinski definition) is 1. The van der Waals surface area contributed by atoms with Crippen molar-refractivity contribution >= 4 is 50.6 Å². The lowest BCUT2D eigenvalue weighted by Crippen LogP contribution is -2.46. The van der Waals surface area contributed by atoms with Crippen molar-refractivity contribution in [2.24, 2.45) is 0 Å². The highest BCUT2D eigenvalue weighted by Crippen LogP contribution is 2.50. The van der Waals surface area contributed by atoms with Crippen LogP contribution in [0.25, 0.3) is 0 Å². The molecular weight excluding hydrogens is 966 g/mol. The van der Waals surface area contributed by atoms with Crippen molar-refractivity contribution in [1.29, 1.82) is 0 Å². The van der Waals surface area contributed by atoms with Crippen LogP contribution in [0.15, 0.2) is 24.3 Å². The smallest absolute Gasteiger partial charge is 0.523 e. The van der Waals surface area contributed by atoms with Gasteiger partial charge in [0.15, 0.2) is 0 Å². The van der Waals surface area contributed by atoms with Crippen LogP contribution in [0, 0.1) is 0 Å². The van der Waals surface area contributed by atoms with Crippen LogP contribution in [0.5, 0.6) is 11.5 Å². The molecule has 440 valence electrons. The lowest BCUT2D eigenvalue weighted by molar-refractivity contribution is 0.00578. The predicted octanol–water partition coefficient (Wildman–Crippen LogP) is 17.2. The maximum absolute atomic E-state index is 8.89. The van der Waals surface area contributed by atoms with Crippen LogP contribution in [-0.4, -0.2) is 104 Å². The molecule has 0 radical (unpaired) electrons. The normalized spacial score (nSPS) is 24.1. The van der Waals surface area contributed by atoms with Gasteiger partial charge in [-0.15, -0.1) is 0 Å². The van der Waals surface area contributed by atoms with E-state index in [1.807, 2.05) is 45.0 Å². The molecule has 0 amide bonds. The van der Waals surface area contributed by atoms with E-state index in [0.717, 1.165) is 24.7 Å². The molecule has 6 fully saturated rings. The average molecular weight is 1090 g/mol. The summed E-state index contributed by atoms with van der Waals surface area (Å²) < 4.78 is 56.6. The molecule has 1 aromatic carbocycles. The number of rotatable bonds is 0. The minimum Gasteiger partial charge on any atom is -0.523 e. The van der Waals surface area contributed by atoms with E-state index < -0.39 is 8.07 Å². The Morgan fingerprint density at radius 2 is 0.829 bits per heavy atom. The van der Waals surface area contributed by atoms with Crippen LogP contribution >= 0.6 is 0 Å². The van der Waals surface area contributed by atoms with Crippen molar-refractivity contribution in [3.63, 3.8) is 0 Å². The summed E-state index contributed by atoms with van der Waals surface area (Å²) >= 11 is 0. The highest BCUT2D eigenvalue weighted by atomic mass is 28.3. The summed E-state index contributed by atoms with van der Waals surface area (Å²) in [6.45, 7) is 63.3. The highest BCUT2D eigenvalue weighted by molar-refractivity contribution is 6.83. The maximum Gasteiger partial charge on any atom is 0.600 e. The number of benzene rings is 1. The molecule has 6 aliphatic heterocycles. The summed E-state index contributed by atoms with van der Waals surface area (Å²) in [7, 11) is -0.962. The van der Waals surface area contributed by atoms with Crippen LogP contribution in [0.2, 0.25) is 62.4 Å². The number of hydrogen-bond acceptors (Lipinski definition) is 11. The molecular formula is C58H120B6O11Si. The lowest BCUT2D eigenvalue weighted by atomic mass is 9.50. The van der Waals surface area contributed by atoms with Crippen LogP contribution in [0.4, 0.5) is 0 Å². The highest BCUT2D eigenvalue weighted by Gasteiger charge is 2.55. The van der Waals surface area contributed by atoms with Crippen LogP contribution in [0.3, 0.4) is 0 Å². The summed E-state index contributed by atoms with van der Waals surface area (Å²) in [6, 6.07) is 10.9. The lowest BCUT2D eigenvalue weighted by Gasteiger charge is -2.47. The Labute approximate surface area is 474 Å². The third-order valence-electron chi connectivity index (χ3n) is 15.6. The summed E-state index contributed by atoms with van der Waals surface area (Å²) in [5.74, 6) is 1.70. The second-order valence-electron chi connectivity index (χ2n) is 30.8. The first-order valence-corrected chi connectivity index (χ1v) is 31.3. The zero-order chi connectivity index (χ0) is 57.5. The fraction of sp³-hybridized carbons (Fsp3) is 0.897. The minimum absolute atomic E-state index is 0. The molecule has 4 unspecified atom stereocenters. The zero-order valence-electron chi connectivity index (χ0n) is 53.3. The van der Waals surface area contributed by atoms with E-state index in [1.54, 1.807) is 18.9 Å². The first-order valence-electron chi connectivity index (χ1n) is 28.4. The Morgan fingerprint density at radius 1 is 0.513 bits per heavy atom. The third-order valence-corrected chi connectivity index (χ3v) is 22.1. The van der Waals surface area contributed by atoms with Gasteiger partial charge in [-0.2, -0.15) is 0 Å². The molecule has 5 saturated heterocycles. The van der Waals surface area contributed by atoms with Crippen LogP contribution in [-0.2, 0) is 37.2 Å². The van der Waals surface area contributed by atoms with Gasteiger partial charge in [-0.1, -0.05) is 204 Å². The van der Waals surface area contributed by atoms with Crippen LogP contribution in [0.1, 0.15) is 227 Å². The van der Waals surface area contributed by atoms with Crippen molar-refractivity contribution in [1.82, 2.24) is 0 Å². The summed E-state index contributed by atoms with van der Waals surface area (Å²) in [6.07, 6.45) is 6.43. The standard InChI is InChI=1S/C10H13BO2.C10H21BO2.C9H17BO2.C8H17BO2.C8H18Si.C6H13BO2.C5H13BO.2CH4/c1-10(2,3)11-12-8-6-4-5-7-9(8)13-11;1-8(2,3)11-12-9(4,5)10(6,7)13-11;1-9(2,3)10-11-7-5-4-6-8(7)12-10;1-6-7(2)11-9(10-6)8(3,4)5;1-8(2,3)9(4)6-5-7-9;1-6(2,3)7-8-4-5-9-7;1-5(2,3)6(4)7;;/h4-7H,1-3H3;1-7H3;7-8H,4-6H2,1-3H3;6-7H,1-5H3;5-7H2,1-4H3;4-5H2,1-3H3;7H,1-4H3;2*1H4. The molecule has 0 bridgehead atoms. The van der Waals surface area contributed by atoms with Gasteiger partial charge in [0.1, 0.15) is 11.5 Å². The largest absolute Gasteiger partial charge is 0.600 e. The maximum atomic E-state index is 8.89. The second-order valence-corrected chi connectivity index (χ2v) is 36.5. The second kappa shape index (κ2) is 28.9. The van der Waals surface area contributed by atoms with Gasteiger partial charge in [0.2, 0.25) is 0 Å². The molecule has 11 nitrogen and oxygen atoms in total. The van der Waals surface area contributed by atoms with Crippen molar-refractivity contribution in [3.05, 3.63) is 24.3 Å². The first-order chi connectivity index (χ1) is 33.1. The third kappa shape index (κ3) is 23.5. The molecule has 4 atom stereocenters. The Bertz CT molecular complexity index is 1740. The van der Waals surface area contributed by atoms with E-state index >= 15 is 0 Å². The van der Waals surface area contributed by atoms with E-state index in [1.165, 1.54) is 25.7 Å². The fourth-order valence-corrected chi connectivity index (χ4v) is 10.7. The van der Waals surface area contributed by atoms with E-state index in [-0.39, 0.29) is 113 Å². The molecule has 6 heterocycles. The van der Waals surface area contributed by atoms with Gasteiger partial charge in [0.25, 0.3) is 6.92 Å². The van der Waals surface area contributed by atoms with Gasteiger partial charge in [-0.25, -0.2) is 0 Å². The number of fused-ring (bicyclic) bond motifs is 2. The minimum atomic E-state index is -0.698. The van der Waals surface area contributed by atoms with Crippen molar-refractivity contribution in [2.75, 3.05) is 13.2 Å². The molecule has 7 aliphatic rings. The van der Waals surface area contributed by atoms with Gasteiger partial charge < -0.3 is 51.6 Å². The zero-order valence-corrected chi connectivity index (χ0v) is 54.3. The predicted molar refractivity (Wildman–Crippen MR) is 335 cm³/mol. The molecule has 0 spiro atoms. The summed E-state index contributed by atoms with van der Waals surface area (Å²) in [5, 5.41) is 10.0. The quantitative estimate of drug-likeness (QED) is 0.251. The molecule has 1 aliphatic carbocycles. The average Bonchev–Trinajstić information content (AvgIpc) is 4.06. The molecule has 1 aromatic rings. The molecule has 18 heteroatoms. The van der Waals surface area contributed by atoms with Gasteiger partial charge in [0.05, 0.1) is 56.9 Å². The summed E-state index contributed by atoms with van der Waals surface area (Å²) in [5.41, 5.74) is -0.407. The first kappa shape index (κ1) is 75.1. The SMILES string of the molecule is C.C.CB(O)C(C)(C)C.CC(C)(C)B1OC(C)(C)C(C)(C)O1.CC(C)(C)B1OC2CCCC2O1.CC(C)(C)B1OCCO1.CC(C)(C)B1Oc2ccccc2O1.CC(C)(C)[Si]1(C)CCC1.CC1OB(C(C)(C)C)OC1C. The van der Waals surface area contributed by atoms with Gasteiger partial charge in [-0.05, 0) is 105 Å². The topological polar surface area (TPSA) is 113 Å². The van der Waals surface area contributed by atoms with E-state index in [4.69, 9.17) is 51.6 Å². The summed E-state index contributed by atoms with van der Waals surface area (Å²) in [4.78, 5) is 0. The van der Waals surface area contributed by atoms with E-state index in [0.29, 0.717) is 17.2 Å². The Morgan fingerprint density at radius 3 is 1.04 bits per heavy atom. The molecule has 8 rings (SSSR count). The molecule has 1 saturated carbocycles. The van der Waals surface area contributed by atoms with Crippen molar-refractivity contribution in [3.8, 4) is 11.5 Å². The number of para-hydroxylation sites is 2. The van der Waals surface area contributed by atoms with Crippen molar-refractivity contribution in [2.45, 2.75) is 325 Å².